The third-order valence-electron chi connectivity index (χ3n) is 2.03. The molecule has 0 radical (unpaired) electrons. The predicted octanol–water partition coefficient (Wildman–Crippen LogP) is 3.18. The van der Waals surface area contributed by atoms with Gasteiger partial charge in [0.05, 0.1) is 11.2 Å². The summed E-state index contributed by atoms with van der Waals surface area (Å²) in [7, 11) is 1.86. The van der Waals surface area contributed by atoms with Crippen LogP contribution in [-0.4, -0.2) is 12.0 Å². The lowest BCUT2D eigenvalue weighted by atomic mass is 10.4. The molecule has 2 aromatic rings. The van der Waals surface area contributed by atoms with Crippen molar-refractivity contribution in [2.75, 3.05) is 12.4 Å². The maximum atomic E-state index is 5.24. The van der Waals surface area contributed by atoms with Crippen molar-refractivity contribution < 1.29 is 4.42 Å². The van der Waals surface area contributed by atoms with Crippen molar-refractivity contribution in [3.05, 3.63) is 36.4 Å². The first-order valence-corrected chi connectivity index (χ1v) is 5.47. The summed E-state index contributed by atoms with van der Waals surface area (Å²) in [6.07, 6.45) is 3.50. The number of anilines is 1. The molecule has 0 spiro atoms. The van der Waals surface area contributed by atoms with Crippen LogP contribution in [0.15, 0.2) is 44.9 Å². The molecule has 0 saturated heterocycles. The number of hydrogen-bond acceptors (Lipinski definition) is 4. The van der Waals surface area contributed by atoms with E-state index < -0.39 is 0 Å². The third kappa shape index (κ3) is 2.33. The lowest BCUT2D eigenvalue weighted by molar-refractivity contribution is 0.527. The highest BCUT2D eigenvalue weighted by atomic mass is 32.2. The van der Waals surface area contributed by atoms with E-state index in [0.29, 0.717) is 0 Å². The maximum absolute atomic E-state index is 5.24. The zero-order chi connectivity index (χ0) is 10.7. The van der Waals surface area contributed by atoms with Crippen molar-refractivity contribution in [2.45, 2.75) is 16.7 Å². The summed E-state index contributed by atoms with van der Waals surface area (Å²) in [5.74, 6) is 1.82. The first-order valence-electron chi connectivity index (χ1n) is 4.65. The molecular formula is C11H12N2OS. The van der Waals surface area contributed by atoms with Gasteiger partial charge in [0, 0.05) is 18.1 Å². The predicted molar refractivity (Wildman–Crippen MR) is 61.4 cm³/mol. The molecule has 1 N–H and O–H groups in total. The van der Waals surface area contributed by atoms with E-state index in [-0.39, 0.29) is 0 Å². The normalized spacial score (nSPS) is 10.3. The second-order valence-electron chi connectivity index (χ2n) is 3.07. The monoisotopic (exact) mass is 220 g/mol. The van der Waals surface area contributed by atoms with Crippen LogP contribution in [0, 0.1) is 6.92 Å². The van der Waals surface area contributed by atoms with E-state index in [1.54, 1.807) is 24.2 Å². The fourth-order valence-electron chi connectivity index (χ4n) is 1.22. The van der Waals surface area contributed by atoms with Gasteiger partial charge < -0.3 is 9.73 Å². The third-order valence-corrected chi connectivity index (χ3v) is 3.16. The van der Waals surface area contributed by atoms with E-state index in [9.17, 15) is 0 Å². The van der Waals surface area contributed by atoms with Crippen LogP contribution in [0.5, 0.6) is 0 Å². The quantitative estimate of drug-likeness (QED) is 0.862. The number of hydrogen-bond donors (Lipinski definition) is 1. The van der Waals surface area contributed by atoms with Gasteiger partial charge in [0.1, 0.15) is 11.6 Å². The van der Waals surface area contributed by atoms with Gasteiger partial charge in [-0.2, -0.15) is 0 Å². The summed E-state index contributed by atoms with van der Waals surface area (Å²) in [6.45, 7) is 1.96. The molecule has 0 atom stereocenters. The number of rotatable bonds is 3. The van der Waals surface area contributed by atoms with Gasteiger partial charge in [-0.1, -0.05) is 11.8 Å². The Morgan fingerprint density at radius 1 is 1.40 bits per heavy atom. The number of aromatic nitrogens is 1. The van der Waals surface area contributed by atoms with Crippen LogP contribution in [0.3, 0.4) is 0 Å². The molecule has 0 saturated carbocycles. The van der Waals surface area contributed by atoms with E-state index in [1.807, 2.05) is 32.2 Å². The van der Waals surface area contributed by atoms with Crippen LogP contribution in [-0.2, 0) is 0 Å². The molecule has 15 heavy (non-hydrogen) atoms. The number of furan rings is 1. The van der Waals surface area contributed by atoms with Crippen LogP contribution >= 0.6 is 11.8 Å². The molecule has 2 heterocycles. The minimum absolute atomic E-state index is 0.876. The molecule has 3 nitrogen and oxygen atoms in total. The van der Waals surface area contributed by atoms with Crippen molar-refractivity contribution in [3.8, 4) is 0 Å². The molecule has 0 aromatic carbocycles. The number of nitrogens with zero attached hydrogens (tertiary/aromatic N) is 1. The number of nitrogens with one attached hydrogen (secondary N) is 1. The highest BCUT2D eigenvalue weighted by Crippen LogP contribution is 2.31. The van der Waals surface area contributed by atoms with Crippen molar-refractivity contribution in [3.63, 3.8) is 0 Å². The zero-order valence-electron chi connectivity index (χ0n) is 8.65. The standard InChI is InChI=1S/C11H12N2OS/c1-8-10(4-6-14-8)15-9-3-5-13-11(7-9)12-2/h3-7H,1-2H3,(H,12,13). The highest BCUT2D eigenvalue weighted by molar-refractivity contribution is 7.99. The Kier molecular flexibility index (Phi) is 2.97. The molecule has 0 aliphatic heterocycles. The second kappa shape index (κ2) is 4.40. The molecule has 0 bridgehead atoms. The summed E-state index contributed by atoms with van der Waals surface area (Å²) in [5.41, 5.74) is 0. The fraction of sp³-hybridized carbons (Fsp3) is 0.182. The van der Waals surface area contributed by atoms with Crippen molar-refractivity contribution in [2.24, 2.45) is 0 Å². The van der Waals surface area contributed by atoms with Crippen molar-refractivity contribution >= 4 is 17.6 Å². The van der Waals surface area contributed by atoms with Crippen LogP contribution in [0.1, 0.15) is 5.76 Å². The Hall–Kier alpha value is -1.42. The summed E-state index contributed by atoms with van der Waals surface area (Å²) in [5, 5.41) is 3.01. The van der Waals surface area contributed by atoms with Crippen molar-refractivity contribution in [1.82, 2.24) is 4.98 Å². The molecular weight excluding hydrogens is 208 g/mol. The molecule has 2 rings (SSSR count). The van der Waals surface area contributed by atoms with E-state index in [0.717, 1.165) is 21.4 Å². The Morgan fingerprint density at radius 3 is 2.93 bits per heavy atom. The molecule has 0 unspecified atom stereocenters. The summed E-state index contributed by atoms with van der Waals surface area (Å²) >= 11 is 1.68. The lowest BCUT2D eigenvalue weighted by Gasteiger charge is -2.02. The summed E-state index contributed by atoms with van der Waals surface area (Å²) < 4.78 is 5.24. The van der Waals surface area contributed by atoms with Gasteiger partial charge in [-0.3, -0.25) is 0 Å². The molecule has 0 amide bonds. The largest absolute Gasteiger partial charge is 0.468 e. The Morgan fingerprint density at radius 2 is 2.27 bits per heavy atom. The van der Waals surface area contributed by atoms with Crippen LogP contribution in [0.2, 0.25) is 0 Å². The van der Waals surface area contributed by atoms with Gasteiger partial charge >= 0.3 is 0 Å². The van der Waals surface area contributed by atoms with Gasteiger partial charge in [-0.05, 0) is 25.1 Å². The molecule has 0 aliphatic carbocycles. The van der Waals surface area contributed by atoms with Crippen LogP contribution in [0.4, 0.5) is 5.82 Å². The maximum Gasteiger partial charge on any atom is 0.126 e. The van der Waals surface area contributed by atoms with Crippen molar-refractivity contribution in [1.29, 1.82) is 0 Å². The zero-order valence-corrected chi connectivity index (χ0v) is 9.47. The van der Waals surface area contributed by atoms with Gasteiger partial charge in [0.2, 0.25) is 0 Å². The Balaban J connectivity index is 2.21. The minimum atomic E-state index is 0.876. The number of aryl methyl sites for hydroxylation is 1. The average molecular weight is 220 g/mol. The molecule has 0 aliphatic rings. The minimum Gasteiger partial charge on any atom is -0.468 e. The smallest absolute Gasteiger partial charge is 0.126 e. The van der Waals surface area contributed by atoms with Gasteiger partial charge in [0.25, 0.3) is 0 Å². The first kappa shape index (κ1) is 10.1. The summed E-state index contributed by atoms with van der Waals surface area (Å²) in [6, 6.07) is 5.97. The topological polar surface area (TPSA) is 38.1 Å². The van der Waals surface area contributed by atoms with Gasteiger partial charge in [-0.25, -0.2) is 4.98 Å². The van der Waals surface area contributed by atoms with E-state index in [2.05, 4.69) is 10.3 Å². The highest BCUT2D eigenvalue weighted by Gasteiger charge is 2.04. The molecule has 4 heteroatoms. The molecule has 2 aromatic heterocycles. The summed E-state index contributed by atoms with van der Waals surface area (Å²) in [4.78, 5) is 6.46. The Bertz CT molecular complexity index is 453. The van der Waals surface area contributed by atoms with Crippen LogP contribution < -0.4 is 5.32 Å². The number of pyridine rings is 1. The van der Waals surface area contributed by atoms with E-state index in [1.165, 1.54) is 0 Å². The SMILES string of the molecule is CNc1cc(Sc2ccoc2C)ccn1. The van der Waals surface area contributed by atoms with Gasteiger partial charge in [-0.15, -0.1) is 0 Å². The van der Waals surface area contributed by atoms with E-state index in [4.69, 9.17) is 4.42 Å². The van der Waals surface area contributed by atoms with E-state index >= 15 is 0 Å². The van der Waals surface area contributed by atoms with Crippen LogP contribution in [0.25, 0.3) is 0 Å². The fourth-order valence-corrected chi connectivity index (χ4v) is 2.09. The average Bonchev–Trinajstić information content (AvgIpc) is 2.65. The second-order valence-corrected chi connectivity index (χ2v) is 4.19. The molecule has 0 fully saturated rings. The molecule has 78 valence electrons. The first-order chi connectivity index (χ1) is 7.29. The van der Waals surface area contributed by atoms with Gasteiger partial charge in [0.15, 0.2) is 0 Å². The Labute approximate surface area is 92.9 Å². The lowest BCUT2D eigenvalue weighted by Crippen LogP contribution is -1.90.